The molecule has 4 nitrogen and oxygen atoms in total. The van der Waals surface area contributed by atoms with E-state index in [1.165, 1.54) is 0 Å². The summed E-state index contributed by atoms with van der Waals surface area (Å²) in [6.07, 6.45) is 3.46. The summed E-state index contributed by atoms with van der Waals surface area (Å²) in [4.78, 5) is 11.6. The molecule has 0 fully saturated rings. The number of nitrogens with one attached hydrogen (secondary N) is 1. The highest BCUT2D eigenvalue weighted by Gasteiger charge is 2.03. The van der Waals surface area contributed by atoms with Crippen LogP contribution in [0.4, 0.5) is 0 Å². The fraction of sp³-hybridized carbons (Fsp3) is 0.0769. The van der Waals surface area contributed by atoms with Crippen molar-refractivity contribution >= 4 is 22.6 Å². The number of fused-ring (bicyclic) bond motifs is 1. The molecule has 0 aliphatic rings. The van der Waals surface area contributed by atoms with Gasteiger partial charge in [-0.3, -0.25) is 4.98 Å². The quantitative estimate of drug-likeness (QED) is 0.786. The molecule has 2 heterocycles. The van der Waals surface area contributed by atoms with Gasteiger partial charge in [-0.15, -0.1) is 0 Å². The van der Waals surface area contributed by atoms with Crippen LogP contribution < -0.4 is 4.74 Å². The van der Waals surface area contributed by atoms with E-state index in [1.807, 2.05) is 18.2 Å². The molecule has 5 heteroatoms. The van der Waals surface area contributed by atoms with Crippen LogP contribution in [0.1, 0.15) is 5.82 Å². The van der Waals surface area contributed by atoms with Gasteiger partial charge in [-0.25, -0.2) is 4.98 Å². The maximum Gasteiger partial charge on any atom is 0.146 e. The van der Waals surface area contributed by atoms with Crippen LogP contribution in [0.5, 0.6) is 5.75 Å². The SMILES string of the molecule is Clc1ccc(OCc2nc3ccncc3[nH]2)cc1. The summed E-state index contributed by atoms with van der Waals surface area (Å²) < 4.78 is 5.60. The van der Waals surface area contributed by atoms with E-state index < -0.39 is 0 Å². The lowest BCUT2D eigenvalue weighted by Crippen LogP contribution is -1.97. The van der Waals surface area contributed by atoms with Crippen molar-refractivity contribution in [2.75, 3.05) is 0 Å². The molecule has 1 N–H and O–H groups in total. The Labute approximate surface area is 109 Å². The van der Waals surface area contributed by atoms with E-state index in [9.17, 15) is 0 Å². The predicted molar refractivity (Wildman–Crippen MR) is 69.7 cm³/mol. The minimum Gasteiger partial charge on any atom is -0.486 e. The number of nitrogens with zero attached hydrogens (tertiary/aromatic N) is 2. The monoisotopic (exact) mass is 259 g/mol. The number of imidazole rings is 1. The molecular weight excluding hydrogens is 250 g/mol. The van der Waals surface area contributed by atoms with Gasteiger partial charge in [-0.1, -0.05) is 11.6 Å². The highest BCUT2D eigenvalue weighted by atomic mass is 35.5. The molecular formula is C13H10ClN3O. The van der Waals surface area contributed by atoms with Gasteiger partial charge < -0.3 is 9.72 Å². The Hall–Kier alpha value is -2.07. The highest BCUT2D eigenvalue weighted by Crippen LogP contribution is 2.17. The first kappa shape index (κ1) is 11.0. The number of pyridine rings is 1. The van der Waals surface area contributed by atoms with Crippen LogP contribution in [-0.4, -0.2) is 15.0 Å². The number of hydrogen-bond donors (Lipinski definition) is 1. The smallest absolute Gasteiger partial charge is 0.146 e. The summed E-state index contributed by atoms with van der Waals surface area (Å²) in [6.45, 7) is 0.385. The van der Waals surface area contributed by atoms with Crippen LogP contribution in [0.25, 0.3) is 11.0 Å². The second kappa shape index (κ2) is 4.66. The molecule has 3 rings (SSSR count). The number of rotatable bonds is 3. The maximum atomic E-state index is 5.80. The maximum absolute atomic E-state index is 5.80. The number of halogens is 1. The number of aromatic amines is 1. The van der Waals surface area contributed by atoms with Crippen LogP contribution in [0.2, 0.25) is 5.02 Å². The van der Waals surface area contributed by atoms with Crippen molar-refractivity contribution in [3.05, 3.63) is 53.6 Å². The third-order valence-electron chi connectivity index (χ3n) is 2.52. The molecule has 0 unspecified atom stereocenters. The first-order chi connectivity index (χ1) is 8.81. The minimum absolute atomic E-state index is 0.385. The molecule has 1 aromatic carbocycles. The van der Waals surface area contributed by atoms with Gasteiger partial charge in [-0.05, 0) is 30.3 Å². The second-order valence-electron chi connectivity index (χ2n) is 3.82. The Balaban J connectivity index is 1.74. The summed E-state index contributed by atoms with van der Waals surface area (Å²) in [5.74, 6) is 1.53. The first-order valence-corrected chi connectivity index (χ1v) is 5.86. The lowest BCUT2D eigenvalue weighted by Gasteiger charge is -2.03. The Morgan fingerprint density at radius 1 is 1.17 bits per heavy atom. The number of aromatic nitrogens is 3. The summed E-state index contributed by atoms with van der Waals surface area (Å²) in [7, 11) is 0. The van der Waals surface area contributed by atoms with Crippen molar-refractivity contribution in [1.29, 1.82) is 0 Å². The van der Waals surface area contributed by atoms with Gasteiger partial charge in [0.15, 0.2) is 0 Å². The minimum atomic E-state index is 0.385. The number of benzene rings is 1. The molecule has 0 amide bonds. The number of ether oxygens (including phenoxy) is 1. The van der Waals surface area contributed by atoms with E-state index in [0.717, 1.165) is 22.6 Å². The molecule has 0 saturated heterocycles. The Kier molecular flexibility index (Phi) is 2.86. The van der Waals surface area contributed by atoms with E-state index in [-0.39, 0.29) is 0 Å². The van der Waals surface area contributed by atoms with E-state index >= 15 is 0 Å². The van der Waals surface area contributed by atoms with Gasteiger partial charge in [0.25, 0.3) is 0 Å². The van der Waals surface area contributed by atoms with Crippen LogP contribution in [0.15, 0.2) is 42.7 Å². The fourth-order valence-electron chi connectivity index (χ4n) is 1.66. The molecule has 0 bridgehead atoms. The molecule has 0 aliphatic carbocycles. The van der Waals surface area contributed by atoms with Crippen LogP contribution in [-0.2, 0) is 6.61 Å². The van der Waals surface area contributed by atoms with Crippen molar-refractivity contribution in [2.45, 2.75) is 6.61 Å². The van der Waals surface area contributed by atoms with Crippen molar-refractivity contribution in [3.8, 4) is 5.75 Å². The Morgan fingerprint density at radius 3 is 2.78 bits per heavy atom. The standard InChI is InChI=1S/C13H10ClN3O/c14-9-1-3-10(4-2-9)18-8-13-16-11-5-6-15-7-12(11)17-13/h1-7H,8H2,(H,16,17). The lowest BCUT2D eigenvalue weighted by atomic mass is 10.3. The molecule has 0 radical (unpaired) electrons. The van der Waals surface area contributed by atoms with Crippen molar-refractivity contribution in [2.24, 2.45) is 0 Å². The van der Waals surface area contributed by atoms with Gasteiger partial charge in [0, 0.05) is 11.2 Å². The summed E-state index contributed by atoms with van der Waals surface area (Å²) in [5, 5.41) is 0.692. The van der Waals surface area contributed by atoms with Crippen molar-refractivity contribution in [3.63, 3.8) is 0 Å². The Morgan fingerprint density at radius 2 is 2.00 bits per heavy atom. The third kappa shape index (κ3) is 2.28. The first-order valence-electron chi connectivity index (χ1n) is 5.48. The van der Waals surface area contributed by atoms with Gasteiger partial charge >= 0.3 is 0 Å². The zero-order chi connectivity index (χ0) is 12.4. The second-order valence-corrected chi connectivity index (χ2v) is 4.26. The van der Waals surface area contributed by atoms with Crippen LogP contribution >= 0.6 is 11.6 Å². The zero-order valence-electron chi connectivity index (χ0n) is 9.43. The fourth-order valence-corrected chi connectivity index (χ4v) is 1.79. The zero-order valence-corrected chi connectivity index (χ0v) is 10.2. The highest BCUT2D eigenvalue weighted by molar-refractivity contribution is 6.30. The number of hydrogen-bond acceptors (Lipinski definition) is 3. The predicted octanol–water partition coefficient (Wildman–Crippen LogP) is 3.19. The normalized spacial score (nSPS) is 10.7. The molecule has 3 aromatic rings. The van der Waals surface area contributed by atoms with E-state index in [2.05, 4.69) is 15.0 Å². The van der Waals surface area contributed by atoms with Gasteiger partial charge in [0.2, 0.25) is 0 Å². The molecule has 0 spiro atoms. The molecule has 0 atom stereocenters. The molecule has 90 valence electrons. The third-order valence-corrected chi connectivity index (χ3v) is 2.77. The topological polar surface area (TPSA) is 50.8 Å². The average Bonchev–Trinajstić information content (AvgIpc) is 2.81. The van der Waals surface area contributed by atoms with Gasteiger partial charge in [-0.2, -0.15) is 0 Å². The van der Waals surface area contributed by atoms with Crippen molar-refractivity contribution < 1.29 is 4.74 Å². The van der Waals surface area contributed by atoms with E-state index in [1.54, 1.807) is 24.5 Å². The van der Waals surface area contributed by atoms with Gasteiger partial charge in [0.1, 0.15) is 18.2 Å². The molecule has 2 aromatic heterocycles. The van der Waals surface area contributed by atoms with Crippen molar-refractivity contribution in [1.82, 2.24) is 15.0 Å². The molecule has 0 aliphatic heterocycles. The summed E-state index contributed by atoms with van der Waals surface area (Å²) in [5.41, 5.74) is 1.80. The Bertz CT molecular complexity index is 630. The lowest BCUT2D eigenvalue weighted by molar-refractivity contribution is 0.297. The largest absolute Gasteiger partial charge is 0.486 e. The molecule has 18 heavy (non-hydrogen) atoms. The van der Waals surface area contributed by atoms with Gasteiger partial charge in [0.05, 0.1) is 17.2 Å². The van der Waals surface area contributed by atoms with E-state index in [0.29, 0.717) is 11.6 Å². The molecule has 0 saturated carbocycles. The van der Waals surface area contributed by atoms with Crippen LogP contribution in [0.3, 0.4) is 0 Å². The average molecular weight is 260 g/mol. The van der Waals surface area contributed by atoms with Crippen LogP contribution in [0, 0.1) is 0 Å². The number of H-pyrrole nitrogens is 1. The summed E-state index contributed by atoms with van der Waals surface area (Å²) >= 11 is 5.80. The summed E-state index contributed by atoms with van der Waals surface area (Å²) in [6, 6.07) is 9.09. The van der Waals surface area contributed by atoms with E-state index in [4.69, 9.17) is 16.3 Å².